The number of carbonyl (C=O) groups excluding carboxylic acids is 4. The second kappa shape index (κ2) is 17.5. The molecule has 7 rings (SSSR count). The van der Waals surface area contributed by atoms with Crippen LogP contribution in [0.5, 0.6) is 0 Å². The Hall–Kier alpha value is -5.53. The van der Waals surface area contributed by atoms with Crippen molar-refractivity contribution in [3.8, 4) is 11.1 Å². The average molecular weight is 794 g/mol. The number of carboxylic acid groups (broad SMARTS) is 1. The number of nitrogens with zero attached hydrogens (tertiary/aromatic N) is 3. The number of amides is 4. The Kier molecular flexibility index (Phi) is 12.3. The van der Waals surface area contributed by atoms with Gasteiger partial charge in [-0.2, -0.15) is 10.2 Å². The van der Waals surface area contributed by atoms with Crippen molar-refractivity contribution in [2.24, 2.45) is 34.8 Å². The smallest absolute Gasteiger partial charge is 0.407 e. The Bertz CT molecular complexity index is 2000. The third-order valence-electron chi connectivity index (χ3n) is 13.0. The summed E-state index contributed by atoms with van der Waals surface area (Å²) in [6.07, 6.45) is 9.58. The fourth-order valence-corrected chi connectivity index (χ4v) is 9.57. The number of hydrazone groups is 1. The fraction of sp³-hybridized carbons (Fsp3) is 0.523. The molecule has 308 valence electrons. The van der Waals surface area contributed by atoms with Crippen LogP contribution >= 0.6 is 0 Å². The van der Waals surface area contributed by atoms with Gasteiger partial charge >= 0.3 is 18.1 Å². The number of aliphatic carboxylic acids is 1. The van der Waals surface area contributed by atoms with Crippen LogP contribution in [0.15, 0.2) is 65.9 Å². The number of ketones is 1. The molecule has 0 saturated heterocycles. The van der Waals surface area contributed by atoms with E-state index in [-0.39, 0.29) is 47.7 Å². The maximum atomic E-state index is 14.6. The van der Waals surface area contributed by atoms with E-state index >= 15 is 0 Å². The first-order valence-corrected chi connectivity index (χ1v) is 20.7. The molecule has 1 unspecified atom stereocenters. The number of aromatic nitrogens is 2. The largest absolute Gasteiger partial charge is 0.481 e. The van der Waals surface area contributed by atoms with Crippen LogP contribution in [0.1, 0.15) is 107 Å². The van der Waals surface area contributed by atoms with Crippen LogP contribution in [0.25, 0.3) is 11.1 Å². The maximum absolute atomic E-state index is 14.6. The molecule has 0 aliphatic heterocycles. The van der Waals surface area contributed by atoms with Crippen molar-refractivity contribution in [2.45, 2.75) is 102 Å². The van der Waals surface area contributed by atoms with Crippen molar-refractivity contribution in [1.82, 2.24) is 25.8 Å². The van der Waals surface area contributed by atoms with Gasteiger partial charge < -0.3 is 25.8 Å². The summed E-state index contributed by atoms with van der Waals surface area (Å²) in [6, 6.07) is 16.4. The van der Waals surface area contributed by atoms with Gasteiger partial charge in [-0.3, -0.25) is 19.1 Å². The molecule has 58 heavy (non-hydrogen) atoms. The first-order valence-electron chi connectivity index (χ1n) is 20.7. The molecule has 4 amide bonds. The number of rotatable bonds is 15. The van der Waals surface area contributed by atoms with E-state index in [9.17, 15) is 29.1 Å². The predicted octanol–water partition coefficient (Wildman–Crippen LogP) is 6.91. The molecule has 14 heteroatoms. The molecule has 2 aromatic carbocycles. The number of carboxylic acids is 1. The van der Waals surface area contributed by atoms with Gasteiger partial charge in [-0.25, -0.2) is 15.0 Å². The lowest BCUT2D eigenvalue weighted by atomic mass is 9.61. The zero-order valence-corrected chi connectivity index (χ0v) is 33.4. The van der Waals surface area contributed by atoms with Crippen molar-refractivity contribution in [1.29, 1.82) is 0 Å². The second-order valence-electron chi connectivity index (χ2n) is 17.2. The maximum Gasteiger partial charge on any atom is 0.407 e. The van der Waals surface area contributed by atoms with E-state index < -0.39 is 35.5 Å². The number of urea groups is 1. The summed E-state index contributed by atoms with van der Waals surface area (Å²) in [6.45, 7) is 2.62. The minimum Gasteiger partial charge on any atom is -0.481 e. The topological polar surface area (TPSA) is 193 Å². The summed E-state index contributed by atoms with van der Waals surface area (Å²) in [4.78, 5) is 66.6. The number of Topliss-reactive ketones (excluding diaryl/α,β-unsaturated/α-hetero) is 1. The van der Waals surface area contributed by atoms with Gasteiger partial charge in [-0.05, 0) is 91.4 Å². The summed E-state index contributed by atoms with van der Waals surface area (Å²) in [5, 5.41) is 26.6. The second-order valence-corrected chi connectivity index (χ2v) is 17.2. The van der Waals surface area contributed by atoms with Crippen LogP contribution in [-0.4, -0.2) is 69.6 Å². The van der Waals surface area contributed by atoms with E-state index in [2.05, 4.69) is 62.8 Å². The van der Waals surface area contributed by atoms with Gasteiger partial charge in [0.1, 0.15) is 12.3 Å². The zero-order chi connectivity index (χ0) is 40.9. The molecule has 3 saturated carbocycles. The molecule has 3 fully saturated rings. The minimum absolute atomic E-state index is 0.0156. The standard InChI is InChI=1S/C44H55N7O7/c1-43(19-7-8-20-43)24-35(46-42(57)58-27-34-32-12-5-3-10-30(32)31-11-4-6-13-33(31)34)36(52)25-44(21-9-22-44)38(39(53)47-37-18-23-51(2)50-37)48-49-41(56)45-26-28-14-16-29(17-15-28)40(54)55/h3-6,10-13,18,23,28-29,34-35H,7-9,14-17,19-22,24-27H2,1-2H3,(H,46,57)(H,54,55)(H2,45,49,56)(H,47,50,53)/b48-38+. The van der Waals surface area contributed by atoms with Crippen LogP contribution in [0.3, 0.4) is 0 Å². The summed E-state index contributed by atoms with van der Waals surface area (Å²) < 4.78 is 7.46. The lowest BCUT2D eigenvalue weighted by Crippen LogP contribution is -2.51. The van der Waals surface area contributed by atoms with Gasteiger partial charge in [-0.1, -0.05) is 74.7 Å². The first kappa shape index (κ1) is 40.7. The number of benzene rings is 2. The molecule has 3 aromatic rings. The summed E-state index contributed by atoms with van der Waals surface area (Å²) in [7, 11) is 1.73. The van der Waals surface area contributed by atoms with Gasteiger partial charge in [-0.15, -0.1) is 0 Å². The van der Waals surface area contributed by atoms with Crippen LogP contribution < -0.4 is 21.4 Å². The van der Waals surface area contributed by atoms with Gasteiger partial charge in [0.2, 0.25) is 0 Å². The number of aryl methyl sites for hydroxylation is 1. The van der Waals surface area contributed by atoms with E-state index in [0.717, 1.165) is 54.4 Å². The van der Waals surface area contributed by atoms with Crippen LogP contribution in [-0.2, 0) is 26.2 Å². The highest BCUT2D eigenvalue weighted by Gasteiger charge is 2.48. The average Bonchev–Trinajstić information content (AvgIpc) is 3.91. The molecule has 1 atom stereocenters. The highest BCUT2D eigenvalue weighted by Crippen LogP contribution is 2.48. The molecule has 0 radical (unpaired) electrons. The Morgan fingerprint density at radius 3 is 2.16 bits per heavy atom. The number of fused-ring (bicyclic) bond motifs is 3. The Morgan fingerprint density at radius 1 is 0.914 bits per heavy atom. The lowest BCUT2D eigenvalue weighted by molar-refractivity contribution is -0.143. The van der Waals surface area contributed by atoms with Crippen molar-refractivity contribution in [3.63, 3.8) is 0 Å². The van der Waals surface area contributed by atoms with Crippen LogP contribution in [0, 0.1) is 22.7 Å². The molecule has 0 spiro atoms. The zero-order valence-electron chi connectivity index (χ0n) is 33.4. The monoisotopic (exact) mass is 793 g/mol. The summed E-state index contributed by atoms with van der Waals surface area (Å²) in [5.41, 5.74) is 5.81. The van der Waals surface area contributed by atoms with Gasteiger partial charge in [0.15, 0.2) is 11.6 Å². The third kappa shape index (κ3) is 9.26. The molecule has 4 aliphatic carbocycles. The Balaban J connectivity index is 1.06. The molecular weight excluding hydrogens is 739 g/mol. The third-order valence-corrected chi connectivity index (χ3v) is 13.0. The van der Waals surface area contributed by atoms with Gasteiger partial charge in [0.25, 0.3) is 5.91 Å². The van der Waals surface area contributed by atoms with E-state index in [4.69, 9.17) is 4.74 Å². The van der Waals surface area contributed by atoms with Crippen LogP contribution in [0.2, 0.25) is 0 Å². The molecule has 4 aliphatic rings. The number of hydrogen-bond donors (Lipinski definition) is 5. The predicted molar refractivity (Wildman–Crippen MR) is 218 cm³/mol. The molecule has 5 N–H and O–H groups in total. The molecule has 1 heterocycles. The molecule has 14 nitrogen and oxygen atoms in total. The highest BCUT2D eigenvalue weighted by atomic mass is 16.5. The normalized spacial score (nSPS) is 21.1. The fourth-order valence-electron chi connectivity index (χ4n) is 9.57. The lowest BCUT2D eigenvalue weighted by Gasteiger charge is -2.42. The van der Waals surface area contributed by atoms with Crippen LogP contribution in [0.4, 0.5) is 15.4 Å². The molecular formula is C44H55N7O7. The SMILES string of the molecule is Cn1ccc(NC(=O)/C(=N\NC(=O)NCC2CCC(C(=O)O)CC2)C2(CC(=O)C(CC3(C)CCCC3)NC(=O)OCC3c4ccccc4-c4ccccc43)CCC2)n1. The van der Waals surface area contributed by atoms with E-state index in [1.54, 1.807) is 24.0 Å². The van der Waals surface area contributed by atoms with Crippen molar-refractivity contribution >= 4 is 41.3 Å². The quantitative estimate of drug-likeness (QED) is 0.0809. The number of ether oxygens (including phenoxy) is 1. The molecule has 0 bridgehead atoms. The summed E-state index contributed by atoms with van der Waals surface area (Å²) in [5.74, 6) is -1.65. The van der Waals surface area contributed by atoms with Gasteiger partial charge in [0, 0.05) is 43.6 Å². The number of alkyl carbamates (subject to hydrolysis) is 1. The van der Waals surface area contributed by atoms with E-state index in [1.807, 2.05) is 24.3 Å². The number of anilines is 1. The highest BCUT2D eigenvalue weighted by molar-refractivity contribution is 6.45. The Morgan fingerprint density at radius 2 is 1.57 bits per heavy atom. The van der Waals surface area contributed by atoms with Crippen molar-refractivity contribution in [3.05, 3.63) is 71.9 Å². The number of carbonyl (C=O) groups is 5. The number of hydrogen-bond acceptors (Lipinski definition) is 8. The first-order chi connectivity index (χ1) is 27.9. The summed E-state index contributed by atoms with van der Waals surface area (Å²) >= 11 is 0. The number of nitrogens with one attached hydrogen (secondary N) is 4. The molecule has 1 aromatic heterocycles. The van der Waals surface area contributed by atoms with Crippen molar-refractivity contribution < 1.29 is 33.8 Å². The van der Waals surface area contributed by atoms with E-state index in [0.29, 0.717) is 57.3 Å². The van der Waals surface area contributed by atoms with Gasteiger partial charge in [0.05, 0.1) is 12.0 Å². The minimum atomic E-state index is -0.990. The Labute approximate surface area is 338 Å². The van der Waals surface area contributed by atoms with E-state index in [1.165, 1.54) is 0 Å². The van der Waals surface area contributed by atoms with Crippen molar-refractivity contribution in [2.75, 3.05) is 18.5 Å².